The molecule has 2 aromatic carbocycles. The zero-order chi connectivity index (χ0) is 17.1. The maximum absolute atomic E-state index is 12.3. The first-order valence-electron chi connectivity index (χ1n) is 7.60. The molecule has 1 aromatic heterocycles. The monoisotopic (exact) mass is 323 g/mol. The number of carbonyl (C=O) groups excluding carboxylic acids is 1. The van der Waals surface area contributed by atoms with E-state index < -0.39 is 5.76 Å². The largest absolute Gasteiger partial charge is 0.439 e. The van der Waals surface area contributed by atoms with Crippen LogP contribution in [0.25, 0.3) is 11.4 Å². The first-order chi connectivity index (χ1) is 11.5. The van der Waals surface area contributed by atoms with Crippen LogP contribution in [0.4, 0.5) is 5.69 Å². The van der Waals surface area contributed by atoms with Gasteiger partial charge in [0.1, 0.15) is 0 Å². The first-order valence-corrected chi connectivity index (χ1v) is 7.60. The van der Waals surface area contributed by atoms with E-state index in [1.165, 1.54) is 5.56 Å². The van der Waals surface area contributed by atoms with E-state index in [-0.39, 0.29) is 5.91 Å². The minimum atomic E-state index is -0.614. The van der Waals surface area contributed by atoms with Gasteiger partial charge in [0.05, 0.1) is 0 Å². The van der Waals surface area contributed by atoms with Gasteiger partial charge in [-0.3, -0.25) is 14.3 Å². The van der Waals surface area contributed by atoms with Crippen molar-refractivity contribution in [2.75, 3.05) is 5.32 Å². The molecule has 0 saturated carbocycles. The Hall–Kier alpha value is -3.15. The number of aromatic nitrogens is 2. The summed E-state index contributed by atoms with van der Waals surface area (Å²) in [6.07, 6.45) is 0. The number of nitrogens with one attached hydrogen (secondary N) is 2. The molecular formula is C18H17N3O3. The smallest absolute Gasteiger partial charge is 0.322 e. The lowest BCUT2D eigenvalue weighted by Gasteiger charge is -2.08. The van der Waals surface area contributed by atoms with Crippen LogP contribution in [0.5, 0.6) is 0 Å². The summed E-state index contributed by atoms with van der Waals surface area (Å²) in [5.74, 6) is -0.0364. The lowest BCUT2D eigenvalue weighted by molar-refractivity contribution is 0.102. The lowest BCUT2D eigenvalue weighted by Crippen LogP contribution is -2.11. The van der Waals surface area contributed by atoms with Gasteiger partial charge in [-0.15, -0.1) is 0 Å². The first kappa shape index (κ1) is 15.7. The highest BCUT2D eigenvalue weighted by Gasteiger charge is 2.09. The van der Waals surface area contributed by atoms with Gasteiger partial charge in [-0.2, -0.15) is 0 Å². The van der Waals surface area contributed by atoms with Crippen LogP contribution in [0.3, 0.4) is 0 Å². The number of anilines is 1. The SMILES string of the molecule is CC(C)c1ccc(NC(=O)c2ccc(-c3noc(=O)[nH]3)cc2)cc1. The van der Waals surface area contributed by atoms with Crippen molar-refractivity contribution in [3.05, 3.63) is 70.2 Å². The molecule has 1 heterocycles. The van der Waals surface area contributed by atoms with Crippen LogP contribution >= 0.6 is 0 Å². The van der Waals surface area contributed by atoms with Gasteiger partial charge in [-0.05, 0) is 35.7 Å². The van der Waals surface area contributed by atoms with Gasteiger partial charge in [-0.25, -0.2) is 4.79 Å². The highest BCUT2D eigenvalue weighted by Crippen LogP contribution is 2.18. The Morgan fingerprint density at radius 3 is 2.29 bits per heavy atom. The minimum Gasteiger partial charge on any atom is -0.322 e. The average molecular weight is 323 g/mol. The highest BCUT2D eigenvalue weighted by molar-refractivity contribution is 6.04. The number of amides is 1. The number of aromatic amines is 1. The maximum Gasteiger partial charge on any atom is 0.439 e. The van der Waals surface area contributed by atoms with Crippen LogP contribution < -0.4 is 11.1 Å². The number of benzene rings is 2. The summed E-state index contributed by atoms with van der Waals surface area (Å²) in [4.78, 5) is 25.7. The van der Waals surface area contributed by atoms with Crippen molar-refractivity contribution in [1.82, 2.24) is 10.1 Å². The molecule has 0 bridgehead atoms. The molecule has 1 amide bonds. The maximum atomic E-state index is 12.3. The molecule has 0 aliphatic carbocycles. The summed E-state index contributed by atoms with van der Waals surface area (Å²) in [6.45, 7) is 4.24. The molecule has 0 saturated heterocycles. The van der Waals surface area contributed by atoms with Crippen LogP contribution in [0, 0.1) is 0 Å². The Bertz CT molecular complexity index is 890. The molecule has 6 heteroatoms. The third-order valence-corrected chi connectivity index (χ3v) is 3.70. The van der Waals surface area contributed by atoms with E-state index in [1.54, 1.807) is 24.3 Å². The normalized spacial score (nSPS) is 10.8. The fourth-order valence-electron chi connectivity index (χ4n) is 2.29. The Morgan fingerprint density at radius 2 is 1.75 bits per heavy atom. The zero-order valence-electron chi connectivity index (χ0n) is 13.4. The van der Waals surface area contributed by atoms with E-state index in [4.69, 9.17) is 0 Å². The van der Waals surface area contributed by atoms with Crippen LogP contribution in [-0.2, 0) is 0 Å². The van der Waals surface area contributed by atoms with Crippen molar-refractivity contribution >= 4 is 11.6 Å². The lowest BCUT2D eigenvalue weighted by atomic mass is 10.0. The van der Waals surface area contributed by atoms with Crippen molar-refractivity contribution in [2.45, 2.75) is 19.8 Å². The molecule has 24 heavy (non-hydrogen) atoms. The van der Waals surface area contributed by atoms with Crippen molar-refractivity contribution in [2.24, 2.45) is 0 Å². The van der Waals surface area contributed by atoms with Gasteiger partial charge in [0.2, 0.25) is 0 Å². The van der Waals surface area contributed by atoms with Crippen molar-refractivity contribution in [3.63, 3.8) is 0 Å². The summed E-state index contributed by atoms with van der Waals surface area (Å²) >= 11 is 0. The number of nitrogens with zero attached hydrogens (tertiary/aromatic N) is 1. The van der Waals surface area contributed by atoms with Crippen LogP contribution in [-0.4, -0.2) is 16.0 Å². The molecule has 0 radical (unpaired) electrons. The molecule has 3 rings (SSSR count). The van der Waals surface area contributed by atoms with Crippen molar-refractivity contribution in [3.8, 4) is 11.4 Å². The second-order valence-corrected chi connectivity index (χ2v) is 5.75. The average Bonchev–Trinajstić information content (AvgIpc) is 3.02. The Labute approximate surface area is 138 Å². The fourth-order valence-corrected chi connectivity index (χ4v) is 2.29. The Morgan fingerprint density at radius 1 is 1.08 bits per heavy atom. The van der Waals surface area contributed by atoms with E-state index in [9.17, 15) is 9.59 Å². The number of hydrogen-bond acceptors (Lipinski definition) is 4. The number of carbonyl (C=O) groups is 1. The van der Waals surface area contributed by atoms with E-state index in [0.29, 0.717) is 22.9 Å². The predicted molar refractivity (Wildman–Crippen MR) is 91.0 cm³/mol. The Kier molecular flexibility index (Phi) is 4.29. The van der Waals surface area contributed by atoms with E-state index in [1.807, 2.05) is 24.3 Å². The molecule has 0 atom stereocenters. The molecule has 0 unspecified atom stereocenters. The second-order valence-electron chi connectivity index (χ2n) is 5.75. The quantitative estimate of drug-likeness (QED) is 0.770. The standard InChI is InChI=1S/C18H17N3O3/c1-11(2)12-7-9-15(10-8-12)19-17(22)14-5-3-13(4-6-14)16-20-18(23)24-21-16/h3-11H,1-2H3,(H,19,22)(H,20,21,23). The summed E-state index contributed by atoms with van der Waals surface area (Å²) in [6, 6.07) is 14.5. The molecule has 2 N–H and O–H groups in total. The van der Waals surface area contributed by atoms with Crippen LogP contribution in [0.15, 0.2) is 57.8 Å². The van der Waals surface area contributed by atoms with Gasteiger partial charge in [0, 0.05) is 16.8 Å². The third-order valence-electron chi connectivity index (χ3n) is 3.70. The van der Waals surface area contributed by atoms with Crippen LogP contribution in [0.2, 0.25) is 0 Å². The van der Waals surface area contributed by atoms with E-state index in [2.05, 4.69) is 33.8 Å². The zero-order valence-corrected chi connectivity index (χ0v) is 13.4. The number of rotatable bonds is 4. The minimum absolute atomic E-state index is 0.201. The Balaban J connectivity index is 1.72. The second kappa shape index (κ2) is 6.54. The predicted octanol–water partition coefficient (Wildman–Crippen LogP) is 3.41. The highest BCUT2D eigenvalue weighted by atomic mass is 16.5. The molecule has 6 nitrogen and oxygen atoms in total. The molecule has 3 aromatic rings. The molecule has 0 aliphatic heterocycles. The van der Waals surface area contributed by atoms with Gasteiger partial charge < -0.3 is 5.32 Å². The van der Waals surface area contributed by atoms with Crippen LogP contribution in [0.1, 0.15) is 35.7 Å². The molecule has 0 spiro atoms. The van der Waals surface area contributed by atoms with Gasteiger partial charge in [0.15, 0.2) is 5.82 Å². The summed E-state index contributed by atoms with van der Waals surface area (Å²) < 4.78 is 4.46. The van der Waals surface area contributed by atoms with Crippen molar-refractivity contribution < 1.29 is 9.32 Å². The molecule has 0 aliphatic rings. The van der Waals surface area contributed by atoms with E-state index in [0.717, 1.165) is 5.69 Å². The van der Waals surface area contributed by atoms with Gasteiger partial charge in [-0.1, -0.05) is 43.3 Å². The topological polar surface area (TPSA) is 88.0 Å². The van der Waals surface area contributed by atoms with Crippen molar-refractivity contribution in [1.29, 1.82) is 0 Å². The fraction of sp³-hybridized carbons (Fsp3) is 0.167. The van der Waals surface area contributed by atoms with Gasteiger partial charge >= 0.3 is 5.76 Å². The molecular weight excluding hydrogens is 306 g/mol. The van der Waals surface area contributed by atoms with E-state index >= 15 is 0 Å². The molecule has 0 fully saturated rings. The molecule has 122 valence electrons. The number of H-pyrrole nitrogens is 1. The number of hydrogen-bond donors (Lipinski definition) is 2. The summed E-state index contributed by atoms with van der Waals surface area (Å²) in [5.41, 5.74) is 3.14. The summed E-state index contributed by atoms with van der Waals surface area (Å²) in [7, 11) is 0. The third kappa shape index (κ3) is 3.43. The van der Waals surface area contributed by atoms with Gasteiger partial charge in [0.25, 0.3) is 5.91 Å². The summed E-state index contributed by atoms with van der Waals surface area (Å²) in [5, 5.41) is 6.46.